The minimum atomic E-state index is -0.410. The summed E-state index contributed by atoms with van der Waals surface area (Å²) in [6.45, 7) is -0.107. The molecule has 1 atom stereocenters. The van der Waals surface area contributed by atoms with Gasteiger partial charge in [0.2, 0.25) is 5.91 Å². The largest absolute Gasteiger partial charge is 0.343 e. The number of hydrogen-bond donors (Lipinski definition) is 1. The average molecular weight is 366 g/mol. The van der Waals surface area contributed by atoms with E-state index in [4.69, 9.17) is 5.26 Å². The first kappa shape index (κ1) is 16.9. The molecule has 2 aromatic rings. The highest BCUT2D eigenvalue weighted by molar-refractivity contribution is 7.99. The predicted molar refractivity (Wildman–Crippen MR) is 99.6 cm³/mol. The monoisotopic (exact) mass is 366 g/mol. The Hall–Kier alpha value is -2.59. The molecule has 132 valence electrons. The standard InChI is InChI=1S/C19H18N4O2S/c20-8-14-10-26-11-23(14)18(24)9-22-19(25)15-5-6-21-17-4-3-13(7-16(15)17)12-1-2-12/h3-7,12,14H,1-2,9-11H2,(H,22,25)/t14-/m1/s1. The molecule has 1 aliphatic carbocycles. The first-order valence-electron chi connectivity index (χ1n) is 8.61. The minimum absolute atomic E-state index is 0.107. The molecule has 1 aromatic heterocycles. The lowest BCUT2D eigenvalue weighted by molar-refractivity contribution is -0.129. The van der Waals surface area contributed by atoms with E-state index in [-0.39, 0.29) is 18.4 Å². The number of nitriles is 1. The quantitative estimate of drug-likeness (QED) is 0.897. The molecule has 1 saturated carbocycles. The summed E-state index contributed by atoms with van der Waals surface area (Å²) >= 11 is 1.55. The first-order chi connectivity index (χ1) is 12.7. The Morgan fingerprint density at radius 3 is 2.96 bits per heavy atom. The molecule has 0 radical (unpaired) electrons. The van der Waals surface area contributed by atoms with Gasteiger partial charge in [-0.1, -0.05) is 6.07 Å². The second-order valence-electron chi connectivity index (χ2n) is 6.60. The Morgan fingerprint density at radius 2 is 2.19 bits per heavy atom. The normalized spacial score (nSPS) is 19.3. The van der Waals surface area contributed by atoms with Gasteiger partial charge in [-0.15, -0.1) is 11.8 Å². The molecular formula is C19H18N4O2S. The third-order valence-corrected chi connectivity index (χ3v) is 5.82. The van der Waals surface area contributed by atoms with Crippen LogP contribution in [0.2, 0.25) is 0 Å². The lowest BCUT2D eigenvalue weighted by Crippen LogP contribution is -2.42. The molecule has 6 nitrogen and oxygen atoms in total. The summed E-state index contributed by atoms with van der Waals surface area (Å²) < 4.78 is 0. The minimum Gasteiger partial charge on any atom is -0.343 e. The summed E-state index contributed by atoms with van der Waals surface area (Å²) in [5, 5.41) is 12.6. The van der Waals surface area contributed by atoms with Crippen molar-refractivity contribution in [2.24, 2.45) is 0 Å². The number of thioether (sulfide) groups is 1. The van der Waals surface area contributed by atoms with E-state index < -0.39 is 6.04 Å². The molecule has 0 unspecified atom stereocenters. The van der Waals surface area contributed by atoms with Crippen molar-refractivity contribution >= 4 is 34.5 Å². The maximum Gasteiger partial charge on any atom is 0.252 e. The van der Waals surface area contributed by atoms with Gasteiger partial charge in [-0.25, -0.2) is 0 Å². The predicted octanol–water partition coefficient (Wildman–Crippen LogP) is 2.27. The maximum atomic E-state index is 12.6. The lowest BCUT2D eigenvalue weighted by Gasteiger charge is -2.18. The van der Waals surface area contributed by atoms with Gasteiger partial charge >= 0.3 is 0 Å². The molecule has 0 bridgehead atoms. The number of nitrogens with one attached hydrogen (secondary N) is 1. The molecule has 26 heavy (non-hydrogen) atoms. The Kier molecular flexibility index (Phi) is 4.51. The number of pyridine rings is 1. The average Bonchev–Trinajstić information content (AvgIpc) is 3.41. The summed E-state index contributed by atoms with van der Waals surface area (Å²) in [7, 11) is 0. The fraction of sp³-hybridized carbons (Fsp3) is 0.368. The van der Waals surface area contributed by atoms with Crippen molar-refractivity contribution < 1.29 is 9.59 Å². The summed E-state index contributed by atoms with van der Waals surface area (Å²) in [5.41, 5.74) is 2.54. The molecule has 4 rings (SSSR count). The number of benzene rings is 1. The van der Waals surface area contributed by atoms with Crippen LogP contribution in [-0.4, -0.2) is 45.9 Å². The van der Waals surface area contributed by atoms with E-state index in [0.717, 1.165) is 10.9 Å². The molecule has 2 fully saturated rings. The third-order valence-electron chi connectivity index (χ3n) is 4.81. The fourth-order valence-corrected chi connectivity index (χ4v) is 4.28. The van der Waals surface area contributed by atoms with Crippen LogP contribution >= 0.6 is 11.8 Å². The van der Waals surface area contributed by atoms with Crippen LogP contribution < -0.4 is 5.32 Å². The number of nitrogens with zero attached hydrogens (tertiary/aromatic N) is 3. The van der Waals surface area contributed by atoms with Crippen LogP contribution in [0.25, 0.3) is 10.9 Å². The molecule has 2 heterocycles. The summed E-state index contributed by atoms with van der Waals surface area (Å²) in [4.78, 5) is 30.8. The molecule has 2 amide bonds. The lowest BCUT2D eigenvalue weighted by atomic mass is 10.0. The topological polar surface area (TPSA) is 86.1 Å². The number of rotatable bonds is 4. The van der Waals surface area contributed by atoms with Gasteiger partial charge in [0.05, 0.1) is 29.6 Å². The van der Waals surface area contributed by atoms with E-state index in [1.807, 2.05) is 12.1 Å². The SMILES string of the molecule is N#C[C@@H]1CSCN1C(=O)CNC(=O)c1ccnc2ccc(C3CC3)cc12. The van der Waals surface area contributed by atoms with Gasteiger partial charge in [-0.05, 0) is 42.5 Å². The zero-order valence-corrected chi connectivity index (χ0v) is 15.0. The number of carbonyl (C=O) groups excluding carboxylic acids is 2. The molecule has 1 aromatic carbocycles. The van der Waals surface area contributed by atoms with Crippen LogP contribution in [-0.2, 0) is 4.79 Å². The molecule has 0 spiro atoms. The van der Waals surface area contributed by atoms with Crippen molar-refractivity contribution in [2.75, 3.05) is 18.2 Å². The van der Waals surface area contributed by atoms with Gasteiger partial charge in [-0.2, -0.15) is 5.26 Å². The van der Waals surface area contributed by atoms with E-state index in [0.29, 0.717) is 23.1 Å². The van der Waals surface area contributed by atoms with Gasteiger partial charge in [0.25, 0.3) is 5.91 Å². The number of aromatic nitrogens is 1. The highest BCUT2D eigenvalue weighted by Gasteiger charge is 2.29. The van der Waals surface area contributed by atoms with Crippen LogP contribution in [0.5, 0.6) is 0 Å². The van der Waals surface area contributed by atoms with E-state index >= 15 is 0 Å². The summed E-state index contributed by atoms with van der Waals surface area (Å²) in [5.74, 6) is 1.18. The van der Waals surface area contributed by atoms with E-state index in [1.54, 1.807) is 24.0 Å². The maximum absolute atomic E-state index is 12.6. The Bertz CT molecular complexity index is 919. The number of amides is 2. The van der Waals surface area contributed by atoms with Crippen molar-refractivity contribution in [3.63, 3.8) is 0 Å². The Labute approximate surface area is 155 Å². The molecule has 7 heteroatoms. The summed E-state index contributed by atoms with van der Waals surface area (Å²) in [6.07, 6.45) is 3.99. The zero-order valence-electron chi connectivity index (χ0n) is 14.1. The third kappa shape index (κ3) is 3.25. The fourth-order valence-electron chi connectivity index (χ4n) is 3.18. The van der Waals surface area contributed by atoms with Crippen molar-refractivity contribution in [1.82, 2.24) is 15.2 Å². The zero-order chi connectivity index (χ0) is 18.1. The second-order valence-corrected chi connectivity index (χ2v) is 7.60. The van der Waals surface area contributed by atoms with E-state index in [1.165, 1.54) is 23.3 Å². The second kappa shape index (κ2) is 6.96. The summed E-state index contributed by atoms with van der Waals surface area (Å²) in [6, 6.07) is 9.46. The Morgan fingerprint density at radius 1 is 1.35 bits per heavy atom. The molecule has 2 aliphatic rings. The van der Waals surface area contributed by atoms with Crippen molar-refractivity contribution in [3.05, 3.63) is 41.6 Å². The molecule has 1 aliphatic heterocycles. The van der Waals surface area contributed by atoms with Crippen molar-refractivity contribution in [3.8, 4) is 6.07 Å². The van der Waals surface area contributed by atoms with Crippen LogP contribution in [0.1, 0.15) is 34.7 Å². The first-order valence-corrected chi connectivity index (χ1v) is 9.76. The van der Waals surface area contributed by atoms with Crippen LogP contribution in [0.4, 0.5) is 0 Å². The van der Waals surface area contributed by atoms with Gasteiger partial charge in [0, 0.05) is 17.3 Å². The molecule has 1 N–H and O–H groups in total. The van der Waals surface area contributed by atoms with Gasteiger partial charge < -0.3 is 10.2 Å². The van der Waals surface area contributed by atoms with Crippen LogP contribution in [0.15, 0.2) is 30.5 Å². The van der Waals surface area contributed by atoms with E-state index in [2.05, 4.69) is 22.4 Å². The highest BCUT2D eigenvalue weighted by atomic mass is 32.2. The van der Waals surface area contributed by atoms with Crippen LogP contribution in [0.3, 0.4) is 0 Å². The Balaban J connectivity index is 1.50. The van der Waals surface area contributed by atoms with Gasteiger partial charge in [0.1, 0.15) is 6.04 Å². The number of carbonyl (C=O) groups is 2. The molecule has 1 saturated heterocycles. The van der Waals surface area contributed by atoms with Crippen molar-refractivity contribution in [2.45, 2.75) is 24.8 Å². The van der Waals surface area contributed by atoms with Crippen LogP contribution in [0, 0.1) is 11.3 Å². The van der Waals surface area contributed by atoms with Crippen molar-refractivity contribution in [1.29, 1.82) is 5.26 Å². The van der Waals surface area contributed by atoms with Gasteiger partial charge in [-0.3, -0.25) is 14.6 Å². The molecular weight excluding hydrogens is 348 g/mol. The smallest absolute Gasteiger partial charge is 0.252 e. The van der Waals surface area contributed by atoms with Gasteiger partial charge in [0.15, 0.2) is 0 Å². The number of hydrogen-bond acceptors (Lipinski definition) is 5. The number of fused-ring (bicyclic) bond motifs is 1. The highest BCUT2D eigenvalue weighted by Crippen LogP contribution is 2.41. The van der Waals surface area contributed by atoms with E-state index in [9.17, 15) is 9.59 Å².